The van der Waals surface area contributed by atoms with Crippen LogP contribution in [0.5, 0.6) is 0 Å². The van der Waals surface area contributed by atoms with Gasteiger partial charge in [-0.25, -0.2) is 4.79 Å². The highest BCUT2D eigenvalue weighted by molar-refractivity contribution is 5.84. The van der Waals surface area contributed by atoms with E-state index in [1.807, 2.05) is 6.92 Å². The van der Waals surface area contributed by atoms with Gasteiger partial charge in [0.2, 0.25) is 5.76 Å². The summed E-state index contributed by atoms with van der Waals surface area (Å²) in [5.41, 5.74) is -0.768. The number of carbonyl (C=O) groups is 1. The maximum atomic E-state index is 10.6. The lowest BCUT2D eigenvalue weighted by Gasteiger charge is -2.29. The van der Waals surface area contributed by atoms with E-state index in [-0.39, 0.29) is 25.5 Å². The zero-order valence-electron chi connectivity index (χ0n) is 9.64. The van der Waals surface area contributed by atoms with Crippen LogP contribution in [0.15, 0.2) is 16.5 Å². The monoisotopic (exact) mass is 243 g/mol. The lowest BCUT2D eigenvalue weighted by atomic mass is 9.98. The summed E-state index contributed by atoms with van der Waals surface area (Å²) in [5, 5.41) is 30.0. The lowest BCUT2D eigenvalue weighted by Crippen LogP contribution is -2.50. The van der Waals surface area contributed by atoms with Crippen molar-refractivity contribution in [2.24, 2.45) is 0 Å². The third-order valence-corrected chi connectivity index (χ3v) is 2.79. The van der Waals surface area contributed by atoms with Crippen molar-refractivity contribution < 1.29 is 24.5 Å². The van der Waals surface area contributed by atoms with Crippen LogP contribution in [-0.2, 0) is 6.54 Å². The zero-order valence-corrected chi connectivity index (χ0v) is 9.64. The molecule has 0 aliphatic rings. The van der Waals surface area contributed by atoms with Gasteiger partial charge in [0.25, 0.3) is 0 Å². The Morgan fingerprint density at radius 3 is 2.47 bits per heavy atom. The van der Waals surface area contributed by atoms with E-state index in [1.165, 1.54) is 6.07 Å². The molecule has 0 saturated carbocycles. The lowest BCUT2D eigenvalue weighted by molar-refractivity contribution is 0.0655. The van der Waals surface area contributed by atoms with Crippen molar-refractivity contribution in [2.45, 2.75) is 25.4 Å². The molecule has 0 spiro atoms. The van der Waals surface area contributed by atoms with Crippen LogP contribution in [0.2, 0.25) is 0 Å². The van der Waals surface area contributed by atoms with Crippen molar-refractivity contribution in [3.05, 3.63) is 23.7 Å². The molecule has 1 aromatic heterocycles. The van der Waals surface area contributed by atoms with E-state index in [2.05, 4.69) is 5.32 Å². The van der Waals surface area contributed by atoms with E-state index in [9.17, 15) is 15.0 Å². The predicted molar refractivity (Wildman–Crippen MR) is 59.7 cm³/mol. The Morgan fingerprint density at radius 1 is 1.41 bits per heavy atom. The molecule has 0 aliphatic carbocycles. The Balaban J connectivity index is 2.62. The summed E-state index contributed by atoms with van der Waals surface area (Å²) in [4.78, 5) is 10.6. The van der Waals surface area contributed by atoms with Crippen molar-refractivity contribution in [3.8, 4) is 0 Å². The molecule has 6 nitrogen and oxygen atoms in total. The molecule has 17 heavy (non-hydrogen) atoms. The van der Waals surface area contributed by atoms with Gasteiger partial charge in [0, 0.05) is 0 Å². The number of aliphatic hydroxyl groups is 2. The topological polar surface area (TPSA) is 103 Å². The van der Waals surface area contributed by atoms with Crippen LogP contribution in [0.3, 0.4) is 0 Å². The van der Waals surface area contributed by atoms with Crippen LogP contribution in [0.25, 0.3) is 0 Å². The normalized spacial score (nSPS) is 11.7. The van der Waals surface area contributed by atoms with Gasteiger partial charge in [-0.1, -0.05) is 6.92 Å². The highest BCUT2D eigenvalue weighted by Gasteiger charge is 2.26. The van der Waals surface area contributed by atoms with Gasteiger partial charge in [0.1, 0.15) is 5.76 Å². The first kappa shape index (κ1) is 13.7. The molecule has 0 amide bonds. The minimum Gasteiger partial charge on any atom is -0.475 e. The Bertz CT molecular complexity index is 361. The summed E-state index contributed by atoms with van der Waals surface area (Å²) in [6.45, 7) is 1.69. The molecule has 1 heterocycles. The van der Waals surface area contributed by atoms with E-state index in [4.69, 9.17) is 9.52 Å². The molecular weight excluding hydrogens is 226 g/mol. The van der Waals surface area contributed by atoms with Gasteiger partial charge in [-0.3, -0.25) is 0 Å². The Hall–Kier alpha value is -1.37. The molecule has 0 atom stereocenters. The second-order valence-electron chi connectivity index (χ2n) is 3.87. The zero-order chi connectivity index (χ0) is 12.9. The average molecular weight is 243 g/mol. The van der Waals surface area contributed by atoms with Gasteiger partial charge in [-0.2, -0.15) is 0 Å². The first-order chi connectivity index (χ1) is 8.06. The number of rotatable bonds is 7. The Kier molecular flexibility index (Phi) is 4.68. The van der Waals surface area contributed by atoms with Gasteiger partial charge in [0.05, 0.1) is 25.3 Å². The number of aromatic carboxylic acids is 1. The SMILES string of the molecule is CCC(CO)(CO)NCc1ccc(C(=O)O)o1. The minimum absolute atomic E-state index is 0.128. The number of carboxylic acids is 1. The highest BCUT2D eigenvalue weighted by atomic mass is 16.4. The molecule has 4 N–H and O–H groups in total. The van der Waals surface area contributed by atoms with Crippen molar-refractivity contribution in [3.63, 3.8) is 0 Å². The molecule has 0 saturated heterocycles. The van der Waals surface area contributed by atoms with Crippen LogP contribution in [0.4, 0.5) is 0 Å². The third-order valence-electron chi connectivity index (χ3n) is 2.79. The van der Waals surface area contributed by atoms with Crippen molar-refractivity contribution >= 4 is 5.97 Å². The Labute approximate surface area is 98.9 Å². The fourth-order valence-corrected chi connectivity index (χ4v) is 1.37. The first-order valence-corrected chi connectivity index (χ1v) is 5.35. The van der Waals surface area contributed by atoms with E-state index in [0.717, 1.165) is 0 Å². The molecule has 0 bridgehead atoms. The molecule has 1 aromatic rings. The first-order valence-electron chi connectivity index (χ1n) is 5.35. The quantitative estimate of drug-likeness (QED) is 0.545. The standard InChI is InChI=1S/C11H17NO5/c1-2-11(6-13,7-14)12-5-8-3-4-9(17-8)10(15)16/h3-4,12-14H,2,5-7H2,1H3,(H,15,16). The van der Waals surface area contributed by atoms with Crippen LogP contribution < -0.4 is 5.32 Å². The van der Waals surface area contributed by atoms with Crippen LogP contribution in [0, 0.1) is 0 Å². The second-order valence-corrected chi connectivity index (χ2v) is 3.87. The van der Waals surface area contributed by atoms with Crippen LogP contribution in [-0.4, -0.2) is 40.0 Å². The van der Waals surface area contributed by atoms with Gasteiger partial charge >= 0.3 is 5.97 Å². The molecule has 96 valence electrons. The molecule has 0 aliphatic heterocycles. The van der Waals surface area contributed by atoms with Gasteiger partial charge < -0.3 is 25.1 Å². The van der Waals surface area contributed by atoms with Gasteiger partial charge in [-0.15, -0.1) is 0 Å². The summed E-state index contributed by atoms with van der Waals surface area (Å²) in [5.74, 6) is -0.804. The summed E-state index contributed by atoms with van der Waals surface area (Å²) < 4.78 is 5.05. The van der Waals surface area contributed by atoms with Crippen molar-refractivity contribution in [1.82, 2.24) is 5.32 Å². The molecular formula is C11H17NO5. The van der Waals surface area contributed by atoms with Gasteiger partial charge in [0.15, 0.2) is 0 Å². The highest BCUT2D eigenvalue weighted by Crippen LogP contribution is 2.12. The number of nitrogens with one attached hydrogen (secondary N) is 1. The maximum Gasteiger partial charge on any atom is 0.371 e. The maximum absolute atomic E-state index is 10.6. The fourth-order valence-electron chi connectivity index (χ4n) is 1.37. The third kappa shape index (κ3) is 3.29. The number of hydrogen-bond acceptors (Lipinski definition) is 5. The minimum atomic E-state index is -1.12. The van der Waals surface area contributed by atoms with Crippen LogP contribution >= 0.6 is 0 Å². The van der Waals surface area contributed by atoms with Crippen molar-refractivity contribution in [2.75, 3.05) is 13.2 Å². The summed E-state index contributed by atoms with van der Waals surface area (Å²) in [6, 6.07) is 2.91. The summed E-state index contributed by atoms with van der Waals surface area (Å²) >= 11 is 0. The number of carboxylic acid groups (broad SMARTS) is 1. The Morgan fingerprint density at radius 2 is 2.06 bits per heavy atom. The fraction of sp³-hybridized carbons (Fsp3) is 0.545. The molecule has 1 rings (SSSR count). The van der Waals surface area contributed by atoms with E-state index in [0.29, 0.717) is 12.2 Å². The smallest absolute Gasteiger partial charge is 0.371 e. The molecule has 6 heteroatoms. The van der Waals surface area contributed by atoms with E-state index >= 15 is 0 Å². The van der Waals surface area contributed by atoms with Gasteiger partial charge in [-0.05, 0) is 18.6 Å². The predicted octanol–water partition coefficient (Wildman–Crippen LogP) is 0.201. The average Bonchev–Trinajstić information content (AvgIpc) is 2.81. The number of aliphatic hydroxyl groups excluding tert-OH is 2. The molecule has 0 aromatic carbocycles. The molecule has 0 fully saturated rings. The van der Waals surface area contributed by atoms with Crippen LogP contribution in [0.1, 0.15) is 29.7 Å². The molecule has 0 unspecified atom stereocenters. The van der Waals surface area contributed by atoms with E-state index in [1.54, 1.807) is 6.07 Å². The number of hydrogen-bond donors (Lipinski definition) is 4. The summed E-state index contributed by atoms with van der Waals surface area (Å²) in [7, 11) is 0. The van der Waals surface area contributed by atoms with E-state index < -0.39 is 11.5 Å². The number of furan rings is 1. The second kappa shape index (κ2) is 5.81. The molecule has 0 radical (unpaired) electrons. The largest absolute Gasteiger partial charge is 0.475 e. The summed E-state index contributed by atoms with van der Waals surface area (Å²) in [6.07, 6.45) is 0.548. The van der Waals surface area contributed by atoms with Crippen molar-refractivity contribution in [1.29, 1.82) is 0 Å².